The number of hydrogen-bond donors (Lipinski definition) is 0. The first kappa shape index (κ1) is 14.2. The molecule has 2 nitrogen and oxygen atoms in total. The second kappa shape index (κ2) is 6.78. The molecule has 0 amide bonds. The summed E-state index contributed by atoms with van der Waals surface area (Å²) in [6, 6.07) is 24.0. The monoisotopic (exact) mass is 287 g/mol. The smallest absolute Gasteiger partial charge is 0.251 e. The lowest BCUT2D eigenvalue weighted by atomic mass is 10.1. The van der Waals surface area contributed by atoms with Gasteiger partial charge < -0.3 is 9.58 Å². The summed E-state index contributed by atoms with van der Waals surface area (Å²) in [5.74, 6) is 0.884. The van der Waals surface area contributed by atoms with Crippen LogP contribution in [0.4, 0.5) is 0 Å². The van der Waals surface area contributed by atoms with Crippen LogP contribution in [0.5, 0.6) is 5.75 Å². The van der Waals surface area contributed by atoms with Gasteiger partial charge in [-0.2, -0.15) is 0 Å². The van der Waals surface area contributed by atoms with Crippen molar-refractivity contribution < 1.29 is 4.74 Å². The van der Waals surface area contributed by atoms with Crippen molar-refractivity contribution in [1.29, 1.82) is 0 Å². The second-order valence-corrected chi connectivity index (χ2v) is 5.17. The minimum absolute atomic E-state index is 0.142. The molecule has 0 radical (unpaired) electrons. The molecule has 0 bridgehead atoms. The van der Waals surface area contributed by atoms with Crippen LogP contribution in [0.15, 0.2) is 72.8 Å². The van der Waals surface area contributed by atoms with E-state index in [1.807, 2.05) is 54.6 Å². The summed E-state index contributed by atoms with van der Waals surface area (Å²) >= 11 is 0. The van der Waals surface area contributed by atoms with Crippen molar-refractivity contribution in [3.8, 4) is 5.75 Å². The van der Waals surface area contributed by atoms with Gasteiger partial charge in [-0.15, -0.1) is 0 Å². The van der Waals surface area contributed by atoms with E-state index in [-0.39, 0.29) is 6.04 Å². The quantitative estimate of drug-likeness (QED) is 0.583. The summed E-state index contributed by atoms with van der Waals surface area (Å²) in [4.78, 5) is 3.72. The largest absolute Gasteiger partial charge is 0.493 e. The Hall–Kier alpha value is -2.79. The predicted octanol–water partition coefficient (Wildman–Crippen LogP) is 5.27. The normalized spacial score (nSPS) is 11.8. The summed E-state index contributed by atoms with van der Waals surface area (Å²) < 4.78 is 5.93. The van der Waals surface area contributed by atoms with Crippen LogP contribution in [0.1, 0.15) is 18.0 Å². The van der Waals surface area contributed by atoms with Crippen molar-refractivity contribution >= 4 is 10.8 Å². The third kappa shape index (κ3) is 3.10. The number of hydrogen-bond acceptors (Lipinski definition) is 1. The summed E-state index contributed by atoms with van der Waals surface area (Å²) in [6.07, 6.45) is 0.691. The number of nitrogens with zero attached hydrogens (tertiary/aromatic N) is 1. The van der Waals surface area contributed by atoms with E-state index >= 15 is 0 Å². The molecule has 3 aromatic rings. The van der Waals surface area contributed by atoms with Gasteiger partial charge >= 0.3 is 0 Å². The molecular formula is C20H17NO. The average molecular weight is 287 g/mol. The van der Waals surface area contributed by atoms with E-state index in [1.54, 1.807) is 0 Å². The Morgan fingerprint density at radius 2 is 1.59 bits per heavy atom. The SMILES string of the molecule is [C-]#[N+]C(CCOc1cccc2ccccc12)c1ccccc1. The van der Waals surface area contributed by atoms with Gasteiger partial charge in [0.25, 0.3) is 6.04 Å². The molecule has 0 saturated heterocycles. The summed E-state index contributed by atoms with van der Waals surface area (Å²) in [5.41, 5.74) is 1.05. The van der Waals surface area contributed by atoms with Gasteiger partial charge in [-0.05, 0) is 11.5 Å². The van der Waals surface area contributed by atoms with E-state index in [2.05, 4.69) is 23.0 Å². The van der Waals surface area contributed by atoms with Crippen LogP contribution in [0, 0.1) is 6.57 Å². The summed E-state index contributed by atoms with van der Waals surface area (Å²) in [6.45, 7) is 7.92. The van der Waals surface area contributed by atoms with Gasteiger partial charge in [0.1, 0.15) is 5.75 Å². The Morgan fingerprint density at radius 1 is 0.864 bits per heavy atom. The van der Waals surface area contributed by atoms with E-state index in [9.17, 15) is 0 Å². The second-order valence-electron chi connectivity index (χ2n) is 5.17. The van der Waals surface area contributed by atoms with Crippen molar-refractivity contribution in [1.82, 2.24) is 0 Å². The fourth-order valence-corrected chi connectivity index (χ4v) is 2.58. The molecule has 1 atom stereocenters. The molecule has 0 heterocycles. The lowest BCUT2D eigenvalue weighted by molar-refractivity contribution is 0.308. The Labute approximate surface area is 130 Å². The Kier molecular flexibility index (Phi) is 4.36. The maximum atomic E-state index is 7.38. The van der Waals surface area contributed by atoms with E-state index < -0.39 is 0 Å². The highest BCUT2D eigenvalue weighted by Gasteiger charge is 2.15. The van der Waals surface area contributed by atoms with Crippen molar-refractivity contribution in [2.75, 3.05) is 6.61 Å². The van der Waals surface area contributed by atoms with Crippen LogP contribution in [0.2, 0.25) is 0 Å². The molecule has 0 spiro atoms. The van der Waals surface area contributed by atoms with Crippen LogP contribution in [-0.2, 0) is 0 Å². The fourth-order valence-electron chi connectivity index (χ4n) is 2.58. The van der Waals surface area contributed by atoms with Gasteiger partial charge in [0.15, 0.2) is 0 Å². The Bertz CT molecular complexity index is 784. The van der Waals surface area contributed by atoms with E-state index in [0.717, 1.165) is 16.7 Å². The topological polar surface area (TPSA) is 13.6 Å². The van der Waals surface area contributed by atoms with Crippen molar-refractivity contribution in [3.05, 3.63) is 89.8 Å². The number of benzene rings is 3. The first-order chi connectivity index (χ1) is 10.9. The van der Waals surface area contributed by atoms with E-state index in [0.29, 0.717) is 13.0 Å². The highest BCUT2D eigenvalue weighted by atomic mass is 16.5. The van der Waals surface area contributed by atoms with Crippen LogP contribution >= 0.6 is 0 Å². The molecule has 0 aliphatic rings. The zero-order chi connectivity index (χ0) is 15.2. The first-order valence-corrected chi connectivity index (χ1v) is 7.40. The zero-order valence-corrected chi connectivity index (χ0v) is 12.3. The van der Waals surface area contributed by atoms with Gasteiger partial charge in [0.05, 0.1) is 13.0 Å². The maximum Gasteiger partial charge on any atom is 0.251 e. The van der Waals surface area contributed by atoms with Gasteiger partial charge in [-0.3, -0.25) is 0 Å². The van der Waals surface area contributed by atoms with Crippen LogP contribution in [0.25, 0.3) is 15.6 Å². The highest BCUT2D eigenvalue weighted by molar-refractivity contribution is 5.88. The molecule has 22 heavy (non-hydrogen) atoms. The summed E-state index contributed by atoms with van der Waals surface area (Å²) in [7, 11) is 0. The molecule has 108 valence electrons. The molecular weight excluding hydrogens is 270 g/mol. The molecule has 0 aromatic heterocycles. The van der Waals surface area contributed by atoms with Gasteiger partial charge in [-0.1, -0.05) is 66.7 Å². The molecule has 0 N–H and O–H groups in total. The molecule has 3 rings (SSSR count). The number of fused-ring (bicyclic) bond motifs is 1. The molecule has 0 fully saturated rings. The zero-order valence-electron chi connectivity index (χ0n) is 12.3. The average Bonchev–Trinajstić information content (AvgIpc) is 2.59. The Morgan fingerprint density at radius 3 is 2.41 bits per heavy atom. The molecule has 2 heteroatoms. The predicted molar refractivity (Wildman–Crippen MR) is 89.8 cm³/mol. The van der Waals surface area contributed by atoms with Crippen LogP contribution in [0.3, 0.4) is 0 Å². The minimum atomic E-state index is -0.142. The lowest BCUT2D eigenvalue weighted by Crippen LogP contribution is -2.03. The van der Waals surface area contributed by atoms with Gasteiger partial charge in [0, 0.05) is 10.9 Å². The number of ether oxygens (including phenoxy) is 1. The fraction of sp³-hybridized carbons (Fsp3) is 0.150. The Balaban J connectivity index is 1.68. The summed E-state index contributed by atoms with van der Waals surface area (Å²) in [5, 5.41) is 2.29. The van der Waals surface area contributed by atoms with Gasteiger partial charge in [0.2, 0.25) is 0 Å². The highest BCUT2D eigenvalue weighted by Crippen LogP contribution is 2.26. The molecule has 1 unspecified atom stereocenters. The van der Waals surface area contributed by atoms with Crippen molar-refractivity contribution in [3.63, 3.8) is 0 Å². The van der Waals surface area contributed by atoms with Crippen molar-refractivity contribution in [2.45, 2.75) is 12.5 Å². The minimum Gasteiger partial charge on any atom is -0.493 e. The third-order valence-corrected chi connectivity index (χ3v) is 3.74. The van der Waals surface area contributed by atoms with E-state index in [1.165, 1.54) is 5.39 Å². The van der Waals surface area contributed by atoms with Crippen molar-refractivity contribution in [2.24, 2.45) is 0 Å². The molecule has 3 aromatic carbocycles. The molecule has 0 saturated carbocycles. The van der Waals surface area contributed by atoms with Crippen LogP contribution < -0.4 is 4.74 Å². The van der Waals surface area contributed by atoms with Gasteiger partial charge in [-0.25, -0.2) is 6.57 Å². The third-order valence-electron chi connectivity index (χ3n) is 3.74. The molecule has 0 aliphatic heterocycles. The lowest BCUT2D eigenvalue weighted by Gasteiger charge is -2.10. The maximum absolute atomic E-state index is 7.38. The number of rotatable bonds is 5. The van der Waals surface area contributed by atoms with Crippen LogP contribution in [-0.4, -0.2) is 6.61 Å². The standard InChI is InChI=1S/C20H17NO/c1-21-19(17-9-3-2-4-10-17)14-15-22-20-13-7-11-16-8-5-6-12-18(16)20/h2-13,19H,14-15H2. The first-order valence-electron chi connectivity index (χ1n) is 7.40. The molecule has 0 aliphatic carbocycles. The van der Waals surface area contributed by atoms with E-state index in [4.69, 9.17) is 11.3 Å².